The van der Waals surface area contributed by atoms with E-state index in [4.69, 9.17) is 9.97 Å². The van der Waals surface area contributed by atoms with Gasteiger partial charge in [0.15, 0.2) is 0 Å². The number of aromatic nitrogens is 6. The van der Waals surface area contributed by atoms with Gasteiger partial charge >= 0.3 is 0 Å². The third-order valence-electron chi connectivity index (χ3n) is 7.32. The van der Waals surface area contributed by atoms with Crippen LogP contribution in [0.5, 0.6) is 0 Å². The lowest BCUT2D eigenvalue weighted by atomic mass is 10.0. The maximum atomic E-state index is 4.84. The maximum absolute atomic E-state index is 4.84. The molecule has 2 saturated heterocycles. The van der Waals surface area contributed by atoms with Crippen molar-refractivity contribution in [1.29, 1.82) is 0 Å². The minimum atomic E-state index is 0.306. The third kappa shape index (κ3) is 3.98. The van der Waals surface area contributed by atoms with Crippen molar-refractivity contribution in [3.63, 3.8) is 0 Å². The number of H-pyrrole nitrogens is 2. The molecule has 0 spiro atoms. The molecule has 0 bridgehead atoms. The summed E-state index contributed by atoms with van der Waals surface area (Å²) < 4.78 is 0. The highest BCUT2D eigenvalue weighted by molar-refractivity contribution is 5.83. The molecule has 7 rings (SSSR count). The quantitative estimate of drug-likeness (QED) is 0.287. The van der Waals surface area contributed by atoms with Crippen LogP contribution in [0.2, 0.25) is 0 Å². The molecular formula is C28H28N8. The molecule has 4 N–H and O–H groups in total. The first kappa shape index (κ1) is 21.4. The number of benzene rings is 2. The van der Waals surface area contributed by atoms with Gasteiger partial charge in [0, 0.05) is 0 Å². The molecule has 0 unspecified atom stereocenters. The second-order valence-electron chi connectivity index (χ2n) is 9.70. The van der Waals surface area contributed by atoms with Gasteiger partial charge in [-0.3, -0.25) is 4.98 Å². The van der Waals surface area contributed by atoms with E-state index in [-0.39, 0.29) is 0 Å². The molecule has 8 nitrogen and oxygen atoms in total. The van der Waals surface area contributed by atoms with E-state index in [1.54, 1.807) is 0 Å². The van der Waals surface area contributed by atoms with Crippen LogP contribution in [0.15, 0.2) is 61.1 Å². The molecule has 2 fully saturated rings. The Balaban J connectivity index is 1.11. The Kier molecular flexibility index (Phi) is 5.33. The Bertz CT molecular complexity index is 1500. The fourth-order valence-electron chi connectivity index (χ4n) is 5.30. The number of hydrogen-bond acceptors (Lipinski definition) is 6. The van der Waals surface area contributed by atoms with Crippen LogP contribution in [0.4, 0.5) is 0 Å². The van der Waals surface area contributed by atoms with E-state index in [1.807, 2.05) is 24.7 Å². The van der Waals surface area contributed by atoms with E-state index in [2.05, 4.69) is 67.0 Å². The molecule has 36 heavy (non-hydrogen) atoms. The Morgan fingerprint density at radius 3 is 1.94 bits per heavy atom. The SMILES string of the molecule is c1cc(-c2cnc([C@@H]3CCCN3)[nH]2)ccc1-c1ccc2nc(-c3cnc([C@@H]4CCCN4)[nH]3)cnc2c1. The summed E-state index contributed by atoms with van der Waals surface area (Å²) in [4.78, 5) is 25.6. The molecule has 180 valence electrons. The van der Waals surface area contributed by atoms with E-state index in [9.17, 15) is 0 Å². The fraction of sp³-hybridized carbons (Fsp3) is 0.286. The van der Waals surface area contributed by atoms with Crippen LogP contribution in [-0.2, 0) is 0 Å². The summed E-state index contributed by atoms with van der Waals surface area (Å²) in [6, 6.07) is 15.5. The predicted octanol–water partition coefficient (Wildman–Crippen LogP) is 4.93. The van der Waals surface area contributed by atoms with Crippen LogP contribution in [0.1, 0.15) is 49.4 Å². The van der Waals surface area contributed by atoms with Gasteiger partial charge in [-0.05, 0) is 67.6 Å². The van der Waals surface area contributed by atoms with Crippen LogP contribution < -0.4 is 10.6 Å². The van der Waals surface area contributed by atoms with Gasteiger partial charge in [0.25, 0.3) is 0 Å². The summed E-state index contributed by atoms with van der Waals surface area (Å²) in [6.45, 7) is 2.11. The number of imidazole rings is 2. The van der Waals surface area contributed by atoms with Crippen molar-refractivity contribution in [3.05, 3.63) is 72.7 Å². The van der Waals surface area contributed by atoms with Crippen molar-refractivity contribution in [2.45, 2.75) is 37.8 Å². The van der Waals surface area contributed by atoms with E-state index >= 15 is 0 Å². The van der Waals surface area contributed by atoms with Crippen molar-refractivity contribution >= 4 is 11.0 Å². The molecule has 2 aliphatic heterocycles. The number of nitrogens with zero attached hydrogens (tertiary/aromatic N) is 4. The van der Waals surface area contributed by atoms with E-state index < -0.39 is 0 Å². The van der Waals surface area contributed by atoms with Crippen LogP contribution >= 0.6 is 0 Å². The first-order chi connectivity index (χ1) is 17.8. The highest BCUT2D eigenvalue weighted by atomic mass is 15.0. The lowest BCUT2D eigenvalue weighted by molar-refractivity contribution is 0.613. The maximum Gasteiger partial charge on any atom is 0.123 e. The van der Waals surface area contributed by atoms with Gasteiger partial charge in [0.05, 0.1) is 53.1 Å². The molecule has 5 aromatic rings. The average molecular weight is 477 g/mol. The second kappa shape index (κ2) is 8.96. The number of aromatic amines is 2. The Hall–Kier alpha value is -3.88. The minimum Gasteiger partial charge on any atom is -0.341 e. The monoisotopic (exact) mass is 476 g/mol. The third-order valence-corrected chi connectivity index (χ3v) is 7.32. The lowest BCUT2D eigenvalue weighted by Gasteiger charge is -2.07. The number of hydrogen-bond donors (Lipinski definition) is 4. The fourth-order valence-corrected chi connectivity index (χ4v) is 5.30. The zero-order valence-corrected chi connectivity index (χ0v) is 20.0. The van der Waals surface area contributed by atoms with E-state index in [0.29, 0.717) is 12.1 Å². The van der Waals surface area contributed by atoms with Crippen LogP contribution in [-0.4, -0.2) is 43.0 Å². The first-order valence-electron chi connectivity index (χ1n) is 12.7. The number of rotatable bonds is 5. The zero-order chi connectivity index (χ0) is 23.9. The Morgan fingerprint density at radius 1 is 0.611 bits per heavy atom. The summed E-state index contributed by atoms with van der Waals surface area (Å²) in [5.41, 5.74) is 7.90. The van der Waals surface area contributed by atoms with Crippen LogP contribution in [0.25, 0.3) is 44.8 Å². The minimum absolute atomic E-state index is 0.306. The summed E-state index contributed by atoms with van der Waals surface area (Å²) >= 11 is 0. The number of fused-ring (bicyclic) bond motifs is 1. The molecule has 2 aromatic carbocycles. The lowest BCUT2D eigenvalue weighted by Crippen LogP contribution is -2.14. The molecule has 0 aliphatic carbocycles. The smallest absolute Gasteiger partial charge is 0.123 e. The molecule has 5 heterocycles. The predicted molar refractivity (Wildman–Crippen MR) is 140 cm³/mol. The van der Waals surface area contributed by atoms with Crippen molar-refractivity contribution in [3.8, 4) is 33.8 Å². The second-order valence-corrected chi connectivity index (χ2v) is 9.70. The molecule has 0 saturated carbocycles. The summed E-state index contributed by atoms with van der Waals surface area (Å²) in [6.07, 6.45) is 10.2. The van der Waals surface area contributed by atoms with Gasteiger partial charge in [-0.2, -0.15) is 0 Å². The Morgan fingerprint density at radius 2 is 1.25 bits per heavy atom. The van der Waals surface area contributed by atoms with E-state index in [0.717, 1.165) is 82.4 Å². The Labute approximate surface area is 209 Å². The molecular weight excluding hydrogens is 448 g/mol. The van der Waals surface area contributed by atoms with Gasteiger partial charge in [0.1, 0.15) is 17.3 Å². The van der Waals surface area contributed by atoms with Crippen LogP contribution in [0.3, 0.4) is 0 Å². The highest BCUT2D eigenvalue weighted by Gasteiger charge is 2.20. The van der Waals surface area contributed by atoms with Crippen molar-refractivity contribution in [2.24, 2.45) is 0 Å². The molecule has 2 aliphatic rings. The molecule has 0 radical (unpaired) electrons. The molecule has 8 heteroatoms. The zero-order valence-electron chi connectivity index (χ0n) is 20.0. The van der Waals surface area contributed by atoms with Crippen LogP contribution in [0, 0.1) is 0 Å². The van der Waals surface area contributed by atoms with Gasteiger partial charge < -0.3 is 20.6 Å². The normalized spacial score (nSPS) is 19.9. The average Bonchev–Trinajstić information content (AvgIpc) is 3.75. The largest absolute Gasteiger partial charge is 0.341 e. The van der Waals surface area contributed by atoms with Gasteiger partial charge in [-0.15, -0.1) is 0 Å². The van der Waals surface area contributed by atoms with Gasteiger partial charge in [-0.1, -0.05) is 30.3 Å². The molecule has 0 amide bonds. The van der Waals surface area contributed by atoms with Crippen molar-refractivity contribution in [2.75, 3.05) is 13.1 Å². The molecule has 3 aromatic heterocycles. The first-order valence-corrected chi connectivity index (χ1v) is 12.7. The highest BCUT2D eigenvalue weighted by Crippen LogP contribution is 2.29. The van der Waals surface area contributed by atoms with E-state index in [1.165, 1.54) is 12.8 Å². The summed E-state index contributed by atoms with van der Waals surface area (Å²) in [5, 5.41) is 6.97. The topological polar surface area (TPSA) is 107 Å². The summed E-state index contributed by atoms with van der Waals surface area (Å²) in [5.74, 6) is 2.00. The summed E-state index contributed by atoms with van der Waals surface area (Å²) in [7, 11) is 0. The van der Waals surface area contributed by atoms with Crippen molar-refractivity contribution in [1.82, 2.24) is 40.5 Å². The van der Waals surface area contributed by atoms with Gasteiger partial charge in [-0.25, -0.2) is 15.0 Å². The standard InChI is InChI=1S/C28H28N8/c1-3-21(29-11-1)27-32-14-24(35-27)18-7-5-17(6-8-18)19-9-10-20-23(13-19)31-15-25(34-20)26-16-33-28(36-26)22-4-2-12-30-22/h5-10,13-16,21-22,29-30H,1-4,11-12H2,(H,32,35)(H,33,36)/t21-,22-/m0/s1. The van der Waals surface area contributed by atoms with Gasteiger partial charge in [0.2, 0.25) is 0 Å². The van der Waals surface area contributed by atoms with Crippen molar-refractivity contribution < 1.29 is 0 Å². The number of nitrogens with one attached hydrogen (secondary N) is 4. The molecule has 2 atom stereocenters.